The highest BCUT2D eigenvalue weighted by Crippen LogP contribution is 2.31. The van der Waals surface area contributed by atoms with Gasteiger partial charge >= 0.3 is 0 Å². The van der Waals surface area contributed by atoms with E-state index in [1.165, 1.54) is 11.3 Å². The molecule has 1 aromatic carbocycles. The minimum Gasteiger partial charge on any atom is -0.312 e. The molecule has 4 rings (SSSR count). The molecule has 0 unspecified atom stereocenters. The van der Waals surface area contributed by atoms with Crippen molar-refractivity contribution in [1.29, 1.82) is 0 Å². The Kier molecular flexibility index (Phi) is 3.41. The van der Waals surface area contributed by atoms with Crippen molar-refractivity contribution in [3.63, 3.8) is 0 Å². The molecule has 22 heavy (non-hydrogen) atoms. The number of rotatable bonds is 2. The monoisotopic (exact) mass is 310 g/mol. The number of benzene rings is 1. The molecule has 1 aliphatic rings. The number of fused-ring (bicyclic) bond motifs is 1. The second kappa shape index (κ2) is 5.55. The van der Waals surface area contributed by atoms with Crippen molar-refractivity contribution in [3.05, 3.63) is 65.1 Å². The highest BCUT2D eigenvalue weighted by atomic mass is 35.5. The lowest BCUT2D eigenvalue weighted by atomic mass is 10.0. The quantitative estimate of drug-likeness (QED) is 0.790. The zero-order chi connectivity index (χ0) is 14.9. The highest BCUT2D eigenvalue weighted by molar-refractivity contribution is 6.32. The van der Waals surface area contributed by atoms with Crippen LogP contribution in [0.3, 0.4) is 0 Å². The molecule has 4 nitrogen and oxygen atoms in total. The zero-order valence-corrected chi connectivity index (χ0v) is 12.7. The first-order chi connectivity index (χ1) is 10.8. The minimum atomic E-state index is 0.715. The van der Waals surface area contributed by atoms with Gasteiger partial charge in [0.25, 0.3) is 0 Å². The van der Waals surface area contributed by atoms with Gasteiger partial charge in [0, 0.05) is 43.0 Å². The maximum atomic E-state index is 6.37. The second-order valence-corrected chi connectivity index (χ2v) is 5.71. The van der Waals surface area contributed by atoms with Crippen LogP contribution < -0.4 is 5.32 Å². The summed E-state index contributed by atoms with van der Waals surface area (Å²) < 4.78 is 1.99. The Hall–Kier alpha value is -2.17. The maximum Gasteiger partial charge on any atom is 0.0976 e. The summed E-state index contributed by atoms with van der Waals surface area (Å²) in [6.45, 7) is 1.79. The van der Waals surface area contributed by atoms with Crippen LogP contribution in [-0.2, 0) is 13.0 Å². The molecule has 0 amide bonds. The lowest BCUT2D eigenvalue weighted by Gasteiger charge is -2.16. The number of nitrogens with zero attached hydrogens (tertiary/aromatic N) is 3. The molecule has 0 atom stereocenters. The molecule has 1 N–H and O–H groups in total. The number of pyridine rings is 1. The Bertz CT molecular complexity index is 811. The average Bonchev–Trinajstić information content (AvgIpc) is 2.96. The third-order valence-electron chi connectivity index (χ3n) is 3.96. The molecule has 0 saturated heterocycles. The van der Waals surface area contributed by atoms with E-state index in [-0.39, 0.29) is 0 Å². The Labute approximate surface area is 133 Å². The van der Waals surface area contributed by atoms with Crippen molar-refractivity contribution in [1.82, 2.24) is 20.1 Å². The van der Waals surface area contributed by atoms with Gasteiger partial charge in [-0.05, 0) is 24.3 Å². The molecular weight excluding hydrogens is 296 g/mol. The Morgan fingerprint density at radius 1 is 1.09 bits per heavy atom. The van der Waals surface area contributed by atoms with E-state index in [0.29, 0.717) is 5.02 Å². The first kappa shape index (κ1) is 13.5. The van der Waals surface area contributed by atoms with Gasteiger partial charge in [-0.15, -0.1) is 0 Å². The van der Waals surface area contributed by atoms with Crippen molar-refractivity contribution >= 4 is 11.6 Å². The van der Waals surface area contributed by atoms with E-state index in [9.17, 15) is 0 Å². The predicted molar refractivity (Wildman–Crippen MR) is 87.2 cm³/mol. The summed E-state index contributed by atoms with van der Waals surface area (Å²) in [5.41, 5.74) is 5.50. The molecule has 0 bridgehead atoms. The first-order valence-corrected chi connectivity index (χ1v) is 7.69. The highest BCUT2D eigenvalue weighted by Gasteiger charge is 2.22. The van der Waals surface area contributed by atoms with Crippen LogP contribution in [0, 0.1) is 0 Å². The third-order valence-corrected chi connectivity index (χ3v) is 4.28. The van der Waals surface area contributed by atoms with Crippen LogP contribution >= 0.6 is 11.6 Å². The van der Waals surface area contributed by atoms with Gasteiger partial charge in [0.1, 0.15) is 0 Å². The van der Waals surface area contributed by atoms with E-state index in [2.05, 4.69) is 10.3 Å². The molecule has 0 fully saturated rings. The fourth-order valence-corrected chi connectivity index (χ4v) is 3.13. The number of aromatic nitrogens is 3. The smallest absolute Gasteiger partial charge is 0.0976 e. The fraction of sp³-hybridized carbons (Fsp3) is 0.176. The second-order valence-electron chi connectivity index (χ2n) is 5.30. The van der Waals surface area contributed by atoms with Crippen molar-refractivity contribution in [3.8, 4) is 16.9 Å². The Morgan fingerprint density at radius 3 is 2.73 bits per heavy atom. The van der Waals surface area contributed by atoms with Gasteiger partial charge in [-0.25, -0.2) is 4.68 Å². The number of hydrogen-bond acceptors (Lipinski definition) is 3. The number of hydrogen-bond donors (Lipinski definition) is 1. The van der Waals surface area contributed by atoms with Gasteiger partial charge in [0.2, 0.25) is 0 Å². The summed E-state index contributed by atoms with van der Waals surface area (Å²) in [4.78, 5) is 4.09. The van der Waals surface area contributed by atoms with Crippen LogP contribution in [0.15, 0.2) is 48.8 Å². The van der Waals surface area contributed by atoms with E-state index >= 15 is 0 Å². The zero-order valence-electron chi connectivity index (χ0n) is 12.0. The van der Waals surface area contributed by atoms with Gasteiger partial charge in [0.15, 0.2) is 0 Å². The molecule has 2 aromatic heterocycles. The Morgan fingerprint density at radius 2 is 1.91 bits per heavy atom. The van der Waals surface area contributed by atoms with Crippen molar-refractivity contribution in [2.24, 2.45) is 0 Å². The molecule has 1 aliphatic heterocycles. The lowest BCUT2D eigenvalue weighted by Crippen LogP contribution is -2.24. The number of para-hydroxylation sites is 1. The van der Waals surface area contributed by atoms with Crippen LogP contribution in [0.5, 0.6) is 0 Å². The molecule has 0 aliphatic carbocycles. The van der Waals surface area contributed by atoms with Gasteiger partial charge in [-0.2, -0.15) is 5.10 Å². The Balaban J connectivity index is 1.94. The summed E-state index contributed by atoms with van der Waals surface area (Å²) in [6, 6.07) is 11.8. The maximum absolute atomic E-state index is 6.37. The topological polar surface area (TPSA) is 42.7 Å². The molecule has 3 heterocycles. The summed E-state index contributed by atoms with van der Waals surface area (Å²) in [5, 5.41) is 9.00. The van der Waals surface area contributed by atoms with E-state index in [4.69, 9.17) is 16.7 Å². The first-order valence-electron chi connectivity index (χ1n) is 7.31. The SMILES string of the molecule is Clc1ccccc1-n1nc(-c2ccncc2)c2c1CCNC2. The summed E-state index contributed by atoms with van der Waals surface area (Å²) in [5.74, 6) is 0. The molecule has 0 saturated carbocycles. The van der Waals surface area contributed by atoms with E-state index < -0.39 is 0 Å². The third kappa shape index (κ3) is 2.21. The van der Waals surface area contributed by atoms with Crippen molar-refractivity contribution in [2.45, 2.75) is 13.0 Å². The fourth-order valence-electron chi connectivity index (χ4n) is 2.91. The standard InChI is InChI=1S/C17H15ClN4/c18-14-3-1-2-4-16(14)22-15-7-10-20-11-13(15)17(21-22)12-5-8-19-9-6-12/h1-6,8-9,20H,7,10-11H2. The molecule has 0 spiro atoms. The largest absolute Gasteiger partial charge is 0.312 e. The van der Waals surface area contributed by atoms with Crippen molar-refractivity contribution < 1.29 is 0 Å². The minimum absolute atomic E-state index is 0.715. The molecule has 5 heteroatoms. The normalized spacial score (nSPS) is 13.9. The van der Waals surface area contributed by atoms with Gasteiger partial charge in [-0.3, -0.25) is 4.98 Å². The van der Waals surface area contributed by atoms with Crippen LogP contribution in [0.4, 0.5) is 0 Å². The van der Waals surface area contributed by atoms with Gasteiger partial charge < -0.3 is 5.32 Å². The number of halogens is 1. The van der Waals surface area contributed by atoms with Gasteiger partial charge in [-0.1, -0.05) is 23.7 Å². The van der Waals surface area contributed by atoms with Crippen LogP contribution in [0.25, 0.3) is 16.9 Å². The molecular formula is C17H15ClN4. The lowest BCUT2D eigenvalue weighted by molar-refractivity contribution is 0.623. The molecule has 3 aromatic rings. The van der Waals surface area contributed by atoms with E-state index in [1.54, 1.807) is 12.4 Å². The van der Waals surface area contributed by atoms with Crippen LogP contribution in [-0.4, -0.2) is 21.3 Å². The predicted octanol–water partition coefficient (Wildman–Crippen LogP) is 3.23. The average molecular weight is 311 g/mol. The van der Waals surface area contributed by atoms with Crippen LogP contribution in [0.2, 0.25) is 5.02 Å². The number of nitrogens with one attached hydrogen (secondary N) is 1. The van der Waals surface area contributed by atoms with Crippen LogP contribution in [0.1, 0.15) is 11.3 Å². The summed E-state index contributed by atoms with van der Waals surface area (Å²) >= 11 is 6.37. The molecule has 0 radical (unpaired) electrons. The van der Waals surface area contributed by atoms with E-state index in [1.807, 2.05) is 41.1 Å². The molecule has 110 valence electrons. The summed E-state index contributed by atoms with van der Waals surface area (Å²) in [6.07, 6.45) is 4.54. The van der Waals surface area contributed by atoms with E-state index in [0.717, 1.165) is 36.5 Å². The summed E-state index contributed by atoms with van der Waals surface area (Å²) in [7, 11) is 0. The van der Waals surface area contributed by atoms with Crippen molar-refractivity contribution in [2.75, 3.05) is 6.54 Å². The van der Waals surface area contributed by atoms with Gasteiger partial charge in [0.05, 0.1) is 22.1 Å².